The molecule has 0 atom stereocenters. The van der Waals surface area contributed by atoms with Gasteiger partial charge in [0.15, 0.2) is 0 Å². The molecule has 3 rings (SSSR count). The van der Waals surface area contributed by atoms with Gasteiger partial charge in [-0.25, -0.2) is 0 Å². The van der Waals surface area contributed by atoms with Gasteiger partial charge >= 0.3 is 0 Å². The molecule has 1 saturated carbocycles. The number of aliphatic hydroxyl groups is 1. The number of aliphatic imine (C=N–C) groups is 1. The standard InChI is InChI=1S/C10H11NO.C8H18N2.C2H4.CH4O/c1-12-9-4-5-10-8(7-9)3-2-6-11-10;1-10-6-7-2-4-8(9)5-3-7;2*1-2/h4-7H,2-3H2,1H3;7-8,10H,2-6,9H2,1H3;1-2H2;2H,1H3. The molecule has 0 amide bonds. The van der Waals surface area contributed by atoms with Crippen LogP contribution in [-0.2, 0) is 6.42 Å². The minimum atomic E-state index is 0.494. The van der Waals surface area contributed by atoms with Crippen LogP contribution in [-0.4, -0.2) is 45.2 Å². The molecule has 26 heavy (non-hydrogen) atoms. The molecule has 5 heteroatoms. The number of aryl methyl sites for hydroxylation is 1. The highest BCUT2D eigenvalue weighted by molar-refractivity contribution is 5.69. The zero-order valence-corrected chi connectivity index (χ0v) is 16.7. The fourth-order valence-electron chi connectivity index (χ4n) is 3.08. The first-order valence-corrected chi connectivity index (χ1v) is 9.27. The quantitative estimate of drug-likeness (QED) is 0.718. The van der Waals surface area contributed by atoms with Gasteiger partial charge in [-0.05, 0) is 81.8 Å². The van der Waals surface area contributed by atoms with Crippen LogP contribution in [0.5, 0.6) is 5.75 Å². The van der Waals surface area contributed by atoms with Gasteiger partial charge < -0.3 is 20.9 Å². The van der Waals surface area contributed by atoms with E-state index in [1.165, 1.54) is 37.8 Å². The van der Waals surface area contributed by atoms with Crippen molar-refractivity contribution in [2.75, 3.05) is 27.8 Å². The Bertz CT molecular complexity index is 498. The van der Waals surface area contributed by atoms with Crippen molar-refractivity contribution in [3.63, 3.8) is 0 Å². The number of nitrogens with one attached hydrogen (secondary N) is 1. The van der Waals surface area contributed by atoms with Crippen molar-refractivity contribution in [3.8, 4) is 5.75 Å². The number of benzene rings is 1. The van der Waals surface area contributed by atoms with Crippen molar-refractivity contribution < 1.29 is 9.84 Å². The first-order chi connectivity index (χ1) is 12.7. The van der Waals surface area contributed by atoms with Gasteiger partial charge in [0, 0.05) is 19.4 Å². The van der Waals surface area contributed by atoms with Crippen LogP contribution in [0.25, 0.3) is 0 Å². The lowest BCUT2D eigenvalue weighted by molar-refractivity contribution is 0.320. The van der Waals surface area contributed by atoms with Crippen molar-refractivity contribution in [2.24, 2.45) is 16.6 Å². The highest BCUT2D eigenvalue weighted by Gasteiger charge is 2.17. The highest BCUT2D eigenvalue weighted by atomic mass is 16.5. The Morgan fingerprint density at radius 1 is 1.23 bits per heavy atom. The van der Waals surface area contributed by atoms with Gasteiger partial charge in [0.05, 0.1) is 12.8 Å². The first kappa shape index (κ1) is 24.3. The Labute approximate surface area is 159 Å². The second kappa shape index (κ2) is 15.6. The Kier molecular flexibility index (Phi) is 14.5. The minimum absolute atomic E-state index is 0.494. The van der Waals surface area contributed by atoms with Crippen LogP contribution < -0.4 is 15.8 Å². The lowest BCUT2D eigenvalue weighted by Gasteiger charge is -2.25. The van der Waals surface area contributed by atoms with Gasteiger partial charge in [0.25, 0.3) is 0 Å². The molecular formula is C21H37N3O2. The number of fused-ring (bicyclic) bond motifs is 1. The normalized spacial score (nSPS) is 20.0. The van der Waals surface area contributed by atoms with E-state index < -0.39 is 0 Å². The first-order valence-electron chi connectivity index (χ1n) is 9.27. The second-order valence-corrected chi connectivity index (χ2v) is 6.18. The lowest BCUT2D eigenvalue weighted by Crippen LogP contribution is -2.30. The largest absolute Gasteiger partial charge is 0.497 e. The maximum absolute atomic E-state index is 7.00. The molecule has 5 nitrogen and oxygen atoms in total. The molecular weight excluding hydrogens is 326 g/mol. The summed E-state index contributed by atoms with van der Waals surface area (Å²) in [4.78, 5) is 4.29. The van der Waals surface area contributed by atoms with E-state index in [-0.39, 0.29) is 0 Å². The van der Waals surface area contributed by atoms with Crippen LogP contribution >= 0.6 is 0 Å². The summed E-state index contributed by atoms with van der Waals surface area (Å²) in [5, 5.41) is 10.2. The van der Waals surface area contributed by atoms with E-state index in [2.05, 4.69) is 29.5 Å². The van der Waals surface area contributed by atoms with E-state index in [1.54, 1.807) is 7.11 Å². The Morgan fingerprint density at radius 2 is 1.88 bits per heavy atom. The zero-order chi connectivity index (χ0) is 19.8. The van der Waals surface area contributed by atoms with Crippen molar-refractivity contribution in [2.45, 2.75) is 44.6 Å². The molecule has 0 aromatic heterocycles. The van der Waals surface area contributed by atoms with Crippen LogP contribution in [0.4, 0.5) is 5.69 Å². The molecule has 1 aromatic rings. The molecule has 4 N–H and O–H groups in total. The summed E-state index contributed by atoms with van der Waals surface area (Å²) in [7, 11) is 4.71. The highest BCUT2D eigenvalue weighted by Crippen LogP contribution is 2.27. The van der Waals surface area contributed by atoms with E-state index in [4.69, 9.17) is 15.6 Å². The van der Waals surface area contributed by atoms with Gasteiger partial charge in [0.2, 0.25) is 0 Å². The maximum atomic E-state index is 7.00. The van der Waals surface area contributed by atoms with E-state index in [1.807, 2.05) is 25.4 Å². The number of nitrogens with two attached hydrogens (primary N) is 1. The van der Waals surface area contributed by atoms with E-state index in [0.29, 0.717) is 6.04 Å². The maximum Gasteiger partial charge on any atom is 0.119 e. The number of hydrogen-bond acceptors (Lipinski definition) is 5. The zero-order valence-electron chi connectivity index (χ0n) is 16.7. The summed E-state index contributed by atoms with van der Waals surface area (Å²) in [6, 6.07) is 6.50. The number of methoxy groups -OCH3 is 1. The van der Waals surface area contributed by atoms with E-state index in [0.717, 1.165) is 37.3 Å². The number of rotatable bonds is 3. The molecule has 1 heterocycles. The summed E-state index contributed by atoms with van der Waals surface area (Å²) in [5.41, 5.74) is 8.15. The minimum Gasteiger partial charge on any atom is -0.497 e. The van der Waals surface area contributed by atoms with Gasteiger partial charge in [-0.3, -0.25) is 4.99 Å². The molecule has 148 valence electrons. The molecule has 1 fully saturated rings. The number of ether oxygens (including phenoxy) is 1. The second-order valence-electron chi connectivity index (χ2n) is 6.18. The monoisotopic (exact) mass is 363 g/mol. The SMILES string of the molecule is C=C.CNCC1CCC(N)CC1.CO.COc1ccc2c(c1)CCC=N2. The third-order valence-electron chi connectivity index (χ3n) is 4.44. The molecule has 0 saturated heterocycles. The average molecular weight is 364 g/mol. The van der Waals surface area contributed by atoms with Gasteiger partial charge in [-0.15, -0.1) is 13.2 Å². The van der Waals surface area contributed by atoms with Crippen molar-refractivity contribution in [1.29, 1.82) is 0 Å². The molecule has 0 bridgehead atoms. The van der Waals surface area contributed by atoms with Crippen LogP contribution in [0.15, 0.2) is 36.3 Å². The summed E-state index contributed by atoms with van der Waals surface area (Å²) >= 11 is 0. The van der Waals surface area contributed by atoms with Gasteiger partial charge in [-0.1, -0.05) is 0 Å². The van der Waals surface area contributed by atoms with Crippen LogP contribution in [0.3, 0.4) is 0 Å². The summed E-state index contributed by atoms with van der Waals surface area (Å²) < 4.78 is 5.13. The van der Waals surface area contributed by atoms with Crippen molar-refractivity contribution >= 4 is 11.9 Å². The Balaban J connectivity index is 0.000000409. The number of hydrogen-bond donors (Lipinski definition) is 3. The molecule has 2 aliphatic rings. The van der Waals surface area contributed by atoms with E-state index >= 15 is 0 Å². The van der Waals surface area contributed by atoms with Gasteiger partial charge in [-0.2, -0.15) is 0 Å². The third-order valence-corrected chi connectivity index (χ3v) is 4.44. The summed E-state index contributed by atoms with van der Waals surface area (Å²) in [5.74, 6) is 1.82. The van der Waals surface area contributed by atoms with Crippen LogP contribution in [0.2, 0.25) is 0 Å². The molecule has 1 aromatic carbocycles. The van der Waals surface area contributed by atoms with Gasteiger partial charge in [0.1, 0.15) is 5.75 Å². The molecule has 1 aliphatic heterocycles. The predicted octanol–water partition coefficient (Wildman–Crippen LogP) is 3.48. The fraction of sp³-hybridized carbons (Fsp3) is 0.571. The third kappa shape index (κ3) is 9.13. The summed E-state index contributed by atoms with van der Waals surface area (Å²) in [6.45, 7) is 7.17. The van der Waals surface area contributed by atoms with E-state index in [9.17, 15) is 0 Å². The fourth-order valence-corrected chi connectivity index (χ4v) is 3.08. The van der Waals surface area contributed by atoms with Crippen molar-refractivity contribution in [3.05, 3.63) is 36.9 Å². The number of nitrogens with zero attached hydrogens (tertiary/aromatic N) is 1. The Hall–Kier alpha value is -1.69. The molecule has 0 unspecified atom stereocenters. The smallest absolute Gasteiger partial charge is 0.119 e. The topological polar surface area (TPSA) is 79.9 Å². The molecule has 1 aliphatic carbocycles. The Morgan fingerprint density at radius 3 is 2.46 bits per heavy atom. The average Bonchev–Trinajstić information content (AvgIpc) is 2.73. The predicted molar refractivity (Wildman–Crippen MR) is 113 cm³/mol. The number of aliphatic hydroxyl groups excluding tert-OH is 1. The van der Waals surface area contributed by atoms with Crippen molar-refractivity contribution in [1.82, 2.24) is 5.32 Å². The lowest BCUT2D eigenvalue weighted by atomic mass is 9.86. The molecule has 0 radical (unpaired) electrons. The van der Waals surface area contributed by atoms with Crippen LogP contribution in [0, 0.1) is 5.92 Å². The van der Waals surface area contributed by atoms with Crippen LogP contribution in [0.1, 0.15) is 37.7 Å². The molecule has 0 spiro atoms. The summed E-state index contributed by atoms with van der Waals surface area (Å²) in [6.07, 6.45) is 9.19.